The molecule has 0 aliphatic carbocycles. The number of hydrogen-bond donors (Lipinski definition) is 1. The maximum Gasteiger partial charge on any atom is 0.317 e. The van der Waals surface area contributed by atoms with Gasteiger partial charge in [0.15, 0.2) is 0 Å². The molecular weight excluding hydrogens is 334 g/mol. The van der Waals surface area contributed by atoms with Crippen LogP contribution in [-0.4, -0.2) is 28.6 Å². The van der Waals surface area contributed by atoms with Crippen molar-refractivity contribution < 1.29 is 14.3 Å². The second kappa shape index (κ2) is 6.91. The van der Waals surface area contributed by atoms with E-state index in [2.05, 4.69) is 15.9 Å². The highest BCUT2D eigenvalue weighted by Gasteiger charge is 2.16. The molecule has 0 bridgehead atoms. The fourth-order valence-corrected chi connectivity index (χ4v) is 2.45. The molecule has 0 spiro atoms. The third kappa shape index (κ3) is 4.44. The first kappa shape index (κ1) is 15.8. The molecule has 21 heavy (non-hydrogen) atoms. The summed E-state index contributed by atoms with van der Waals surface area (Å²) in [7, 11) is 0. The van der Waals surface area contributed by atoms with E-state index < -0.39 is 5.97 Å². The summed E-state index contributed by atoms with van der Waals surface area (Å²) in [5.41, 5.74) is 0.991. The molecule has 0 atom stereocenters. The van der Waals surface area contributed by atoms with Crippen LogP contribution < -0.4 is 0 Å². The first-order valence-corrected chi connectivity index (χ1v) is 7.55. The molecule has 0 radical (unpaired) electrons. The zero-order valence-corrected chi connectivity index (χ0v) is 13.6. The van der Waals surface area contributed by atoms with Gasteiger partial charge in [0.2, 0.25) is 0 Å². The smallest absolute Gasteiger partial charge is 0.317 e. The molecule has 0 aliphatic rings. The van der Waals surface area contributed by atoms with Crippen LogP contribution in [0, 0.1) is 0 Å². The average molecular weight is 352 g/mol. The van der Waals surface area contributed by atoms with Gasteiger partial charge in [0.25, 0.3) is 0 Å². The Hall–Kier alpha value is -1.59. The number of halogens is 1. The summed E-state index contributed by atoms with van der Waals surface area (Å²) in [4.78, 5) is 12.7. The predicted octanol–water partition coefficient (Wildman–Crippen LogP) is 4.00. The van der Waals surface area contributed by atoms with E-state index in [4.69, 9.17) is 9.52 Å². The molecule has 1 heterocycles. The van der Waals surface area contributed by atoms with Gasteiger partial charge in [-0.2, -0.15) is 0 Å². The molecule has 0 aliphatic heterocycles. The largest absolute Gasteiger partial charge is 0.480 e. The summed E-state index contributed by atoms with van der Waals surface area (Å²) in [5.74, 6) is 0.715. The Bertz CT molecular complexity index is 621. The zero-order chi connectivity index (χ0) is 15.4. The number of carbonyl (C=O) groups is 1. The highest BCUT2D eigenvalue weighted by molar-refractivity contribution is 9.10. The number of nitrogens with zero attached hydrogens (tertiary/aromatic N) is 1. The minimum absolute atomic E-state index is 0.00455. The minimum Gasteiger partial charge on any atom is -0.480 e. The molecule has 2 rings (SSSR count). The summed E-state index contributed by atoms with van der Waals surface area (Å²) in [6.45, 7) is 4.44. The van der Waals surface area contributed by atoms with E-state index in [0.717, 1.165) is 21.6 Å². The third-order valence-corrected chi connectivity index (χ3v) is 3.69. The number of aliphatic carboxylic acids is 1. The van der Waals surface area contributed by atoms with E-state index in [-0.39, 0.29) is 12.6 Å². The summed E-state index contributed by atoms with van der Waals surface area (Å²) < 4.78 is 6.82. The maximum atomic E-state index is 10.9. The quantitative estimate of drug-likeness (QED) is 0.854. The van der Waals surface area contributed by atoms with Crippen molar-refractivity contribution in [3.05, 3.63) is 46.6 Å². The van der Waals surface area contributed by atoms with Crippen LogP contribution >= 0.6 is 15.9 Å². The van der Waals surface area contributed by atoms with Gasteiger partial charge >= 0.3 is 5.97 Å². The van der Waals surface area contributed by atoms with Gasteiger partial charge in [0, 0.05) is 16.1 Å². The van der Waals surface area contributed by atoms with Crippen molar-refractivity contribution in [2.75, 3.05) is 6.54 Å². The molecule has 0 unspecified atom stereocenters. The van der Waals surface area contributed by atoms with Crippen molar-refractivity contribution in [1.82, 2.24) is 4.90 Å². The Labute approximate surface area is 132 Å². The van der Waals surface area contributed by atoms with E-state index in [1.165, 1.54) is 0 Å². The summed E-state index contributed by atoms with van der Waals surface area (Å²) >= 11 is 3.44. The SMILES string of the molecule is CC(C)N(CC(=O)O)Cc1ccc(-c2cccc(Br)c2)o1. The molecule has 4 nitrogen and oxygen atoms in total. The van der Waals surface area contributed by atoms with Crippen molar-refractivity contribution in [2.45, 2.75) is 26.4 Å². The number of rotatable bonds is 6. The molecule has 112 valence electrons. The summed E-state index contributed by atoms with van der Waals surface area (Å²) in [5, 5.41) is 8.95. The molecule has 0 fully saturated rings. The van der Waals surface area contributed by atoms with Crippen molar-refractivity contribution in [1.29, 1.82) is 0 Å². The van der Waals surface area contributed by atoms with E-state index >= 15 is 0 Å². The minimum atomic E-state index is -0.831. The van der Waals surface area contributed by atoms with Gasteiger partial charge in [0.05, 0.1) is 13.1 Å². The summed E-state index contributed by atoms with van der Waals surface area (Å²) in [6, 6.07) is 11.8. The molecule has 5 heteroatoms. The predicted molar refractivity (Wildman–Crippen MR) is 85.0 cm³/mol. The number of carboxylic acid groups (broad SMARTS) is 1. The lowest BCUT2D eigenvalue weighted by Crippen LogP contribution is -2.34. The topological polar surface area (TPSA) is 53.7 Å². The lowest BCUT2D eigenvalue weighted by Gasteiger charge is -2.23. The first-order chi connectivity index (χ1) is 9.95. The average Bonchev–Trinajstić information content (AvgIpc) is 2.86. The van der Waals surface area contributed by atoms with Crippen LogP contribution in [0.4, 0.5) is 0 Å². The highest BCUT2D eigenvalue weighted by atomic mass is 79.9. The molecule has 1 N–H and O–H groups in total. The molecular formula is C16H18BrNO3. The van der Waals surface area contributed by atoms with E-state index in [9.17, 15) is 4.79 Å². The fourth-order valence-electron chi connectivity index (χ4n) is 2.05. The van der Waals surface area contributed by atoms with Crippen LogP contribution in [0.3, 0.4) is 0 Å². The van der Waals surface area contributed by atoms with Gasteiger partial charge in [0.1, 0.15) is 11.5 Å². The lowest BCUT2D eigenvalue weighted by atomic mass is 10.2. The number of hydrogen-bond acceptors (Lipinski definition) is 3. The third-order valence-electron chi connectivity index (χ3n) is 3.20. The fraction of sp³-hybridized carbons (Fsp3) is 0.312. The second-order valence-corrected chi connectivity index (χ2v) is 6.08. The molecule has 0 saturated heterocycles. The van der Waals surface area contributed by atoms with E-state index in [1.54, 1.807) is 0 Å². The van der Waals surface area contributed by atoms with Gasteiger partial charge in [-0.05, 0) is 38.1 Å². The number of benzene rings is 1. The Morgan fingerprint density at radius 3 is 2.71 bits per heavy atom. The Balaban J connectivity index is 2.14. The van der Waals surface area contributed by atoms with Crippen LogP contribution in [0.15, 0.2) is 45.3 Å². The number of furan rings is 1. The van der Waals surface area contributed by atoms with Gasteiger partial charge < -0.3 is 9.52 Å². The van der Waals surface area contributed by atoms with E-state index in [1.807, 2.05) is 55.1 Å². The molecule has 2 aromatic rings. The van der Waals surface area contributed by atoms with Crippen molar-refractivity contribution in [3.8, 4) is 11.3 Å². The van der Waals surface area contributed by atoms with Crippen molar-refractivity contribution in [2.24, 2.45) is 0 Å². The lowest BCUT2D eigenvalue weighted by molar-refractivity contribution is -0.139. The zero-order valence-electron chi connectivity index (χ0n) is 12.0. The van der Waals surface area contributed by atoms with Gasteiger partial charge in [-0.25, -0.2) is 0 Å². The Kier molecular flexibility index (Phi) is 5.20. The van der Waals surface area contributed by atoms with Crippen molar-refractivity contribution >= 4 is 21.9 Å². The van der Waals surface area contributed by atoms with E-state index in [0.29, 0.717) is 6.54 Å². The molecule has 0 saturated carbocycles. The van der Waals surface area contributed by atoms with Crippen molar-refractivity contribution in [3.63, 3.8) is 0 Å². The maximum absolute atomic E-state index is 10.9. The van der Waals surface area contributed by atoms with Gasteiger partial charge in [-0.15, -0.1) is 0 Å². The molecule has 1 aromatic carbocycles. The van der Waals surface area contributed by atoms with Crippen LogP contribution in [0.1, 0.15) is 19.6 Å². The van der Waals surface area contributed by atoms with Gasteiger partial charge in [-0.3, -0.25) is 9.69 Å². The van der Waals surface area contributed by atoms with Crippen LogP contribution in [0.5, 0.6) is 0 Å². The van der Waals surface area contributed by atoms with Gasteiger partial charge in [-0.1, -0.05) is 28.1 Å². The standard InChI is InChI=1S/C16H18BrNO3/c1-11(2)18(10-16(19)20)9-14-6-7-15(21-14)12-4-3-5-13(17)8-12/h3-8,11H,9-10H2,1-2H3,(H,19,20). The summed E-state index contributed by atoms with van der Waals surface area (Å²) in [6.07, 6.45) is 0. The highest BCUT2D eigenvalue weighted by Crippen LogP contribution is 2.25. The molecule has 0 amide bonds. The van der Waals surface area contributed by atoms with Crippen LogP contribution in [-0.2, 0) is 11.3 Å². The Morgan fingerprint density at radius 2 is 2.10 bits per heavy atom. The number of carboxylic acids is 1. The first-order valence-electron chi connectivity index (χ1n) is 6.76. The van der Waals surface area contributed by atoms with Crippen LogP contribution in [0.25, 0.3) is 11.3 Å². The van der Waals surface area contributed by atoms with Crippen LogP contribution in [0.2, 0.25) is 0 Å². The monoisotopic (exact) mass is 351 g/mol. The second-order valence-electron chi connectivity index (χ2n) is 5.17. The molecule has 1 aromatic heterocycles. The normalized spacial score (nSPS) is 11.3. The Morgan fingerprint density at radius 1 is 1.33 bits per heavy atom.